The van der Waals surface area contributed by atoms with Crippen LogP contribution in [0.15, 0.2) is 17.5 Å². The number of ether oxygens (including phenoxy) is 2. The molecule has 0 radical (unpaired) electrons. The van der Waals surface area contributed by atoms with Crippen LogP contribution in [0.1, 0.15) is 18.0 Å². The second kappa shape index (κ2) is 5.34. The fraction of sp³-hybridized carbons (Fsp3) is 0.286. The van der Waals surface area contributed by atoms with Crippen LogP contribution in [0.25, 0.3) is 22.6 Å². The van der Waals surface area contributed by atoms with Crippen molar-refractivity contribution in [3.63, 3.8) is 0 Å². The first-order chi connectivity index (χ1) is 10.1. The van der Waals surface area contributed by atoms with E-state index in [1.807, 2.05) is 24.4 Å². The molecular formula is C14H16N4O2S. The van der Waals surface area contributed by atoms with Crippen molar-refractivity contribution >= 4 is 22.4 Å². The van der Waals surface area contributed by atoms with Gasteiger partial charge >= 0.3 is 0 Å². The number of benzene rings is 1. The van der Waals surface area contributed by atoms with Gasteiger partial charge in [0.05, 0.1) is 31.3 Å². The van der Waals surface area contributed by atoms with E-state index in [0.29, 0.717) is 17.3 Å². The number of hydrogen-bond acceptors (Lipinski definition) is 6. The molecule has 2 aromatic heterocycles. The Labute approximate surface area is 125 Å². The number of fused-ring (bicyclic) bond motifs is 1. The van der Waals surface area contributed by atoms with Gasteiger partial charge in [-0.2, -0.15) is 0 Å². The number of thiazole rings is 1. The first-order valence-electron chi connectivity index (χ1n) is 6.45. The highest BCUT2D eigenvalue weighted by molar-refractivity contribution is 7.10. The van der Waals surface area contributed by atoms with Crippen molar-refractivity contribution in [1.29, 1.82) is 0 Å². The van der Waals surface area contributed by atoms with Crippen LogP contribution in [-0.2, 0) is 0 Å². The summed E-state index contributed by atoms with van der Waals surface area (Å²) in [4.78, 5) is 12.3. The molecule has 0 spiro atoms. The number of aromatic amines is 1. The molecule has 1 unspecified atom stereocenters. The molecule has 0 amide bonds. The SMILES string of the molecule is COc1cc2nc(-c3csc(C(C)N)n3)[nH]c2cc1OC. The van der Waals surface area contributed by atoms with Crippen LogP contribution in [0.5, 0.6) is 11.5 Å². The first kappa shape index (κ1) is 13.8. The highest BCUT2D eigenvalue weighted by Gasteiger charge is 2.14. The van der Waals surface area contributed by atoms with Gasteiger partial charge in [-0.05, 0) is 6.92 Å². The Morgan fingerprint density at radius 3 is 2.52 bits per heavy atom. The second-order valence-corrected chi connectivity index (χ2v) is 5.56. The molecule has 3 N–H and O–H groups in total. The average molecular weight is 304 g/mol. The minimum Gasteiger partial charge on any atom is -0.493 e. The summed E-state index contributed by atoms with van der Waals surface area (Å²) < 4.78 is 10.6. The lowest BCUT2D eigenvalue weighted by atomic mass is 10.3. The molecule has 2 heterocycles. The number of nitrogens with zero attached hydrogens (tertiary/aromatic N) is 2. The Kier molecular flexibility index (Phi) is 3.52. The van der Waals surface area contributed by atoms with E-state index in [0.717, 1.165) is 21.7 Å². The van der Waals surface area contributed by atoms with Crippen molar-refractivity contribution in [2.45, 2.75) is 13.0 Å². The molecule has 0 saturated heterocycles. The maximum absolute atomic E-state index is 5.84. The number of imidazole rings is 1. The summed E-state index contributed by atoms with van der Waals surface area (Å²) >= 11 is 1.53. The largest absolute Gasteiger partial charge is 0.493 e. The molecule has 0 aliphatic carbocycles. The van der Waals surface area contributed by atoms with E-state index in [4.69, 9.17) is 15.2 Å². The lowest BCUT2D eigenvalue weighted by molar-refractivity contribution is 0.356. The molecule has 7 heteroatoms. The van der Waals surface area contributed by atoms with E-state index in [9.17, 15) is 0 Å². The molecule has 1 atom stereocenters. The van der Waals surface area contributed by atoms with Gasteiger partial charge in [-0.3, -0.25) is 0 Å². The van der Waals surface area contributed by atoms with E-state index >= 15 is 0 Å². The molecule has 1 aromatic carbocycles. The lowest BCUT2D eigenvalue weighted by Gasteiger charge is -2.06. The smallest absolute Gasteiger partial charge is 0.163 e. The monoisotopic (exact) mass is 304 g/mol. The van der Waals surface area contributed by atoms with E-state index < -0.39 is 0 Å². The molecule has 110 valence electrons. The zero-order valence-electron chi connectivity index (χ0n) is 12.0. The van der Waals surface area contributed by atoms with Crippen LogP contribution in [0, 0.1) is 0 Å². The number of nitrogens with two attached hydrogens (primary N) is 1. The molecule has 6 nitrogen and oxygen atoms in total. The van der Waals surface area contributed by atoms with Gasteiger partial charge in [0, 0.05) is 17.5 Å². The fourth-order valence-corrected chi connectivity index (χ4v) is 2.83. The third kappa shape index (κ3) is 2.45. The minimum atomic E-state index is -0.0756. The summed E-state index contributed by atoms with van der Waals surface area (Å²) in [5.41, 5.74) is 8.31. The van der Waals surface area contributed by atoms with Gasteiger partial charge in [-0.15, -0.1) is 11.3 Å². The number of H-pyrrole nitrogens is 1. The fourth-order valence-electron chi connectivity index (χ4n) is 2.06. The molecule has 0 aliphatic heterocycles. The highest BCUT2D eigenvalue weighted by Crippen LogP contribution is 2.32. The lowest BCUT2D eigenvalue weighted by Crippen LogP contribution is -2.03. The van der Waals surface area contributed by atoms with Gasteiger partial charge in [-0.1, -0.05) is 0 Å². The van der Waals surface area contributed by atoms with Crippen molar-refractivity contribution in [3.8, 4) is 23.0 Å². The Morgan fingerprint density at radius 2 is 1.90 bits per heavy atom. The zero-order valence-corrected chi connectivity index (χ0v) is 12.8. The average Bonchev–Trinajstić information content (AvgIpc) is 3.11. The van der Waals surface area contributed by atoms with Gasteiger partial charge in [-0.25, -0.2) is 9.97 Å². The number of aromatic nitrogens is 3. The molecule has 3 aromatic rings. The molecular weight excluding hydrogens is 288 g/mol. The molecule has 0 saturated carbocycles. The summed E-state index contributed by atoms with van der Waals surface area (Å²) in [6, 6.07) is 3.63. The van der Waals surface area contributed by atoms with Gasteiger partial charge in [0.2, 0.25) is 0 Å². The van der Waals surface area contributed by atoms with Crippen molar-refractivity contribution in [2.75, 3.05) is 14.2 Å². The van der Waals surface area contributed by atoms with Gasteiger partial charge < -0.3 is 20.2 Å². The van der Waals surface area contributed by atoms with Crippen LogP contribution >= 0.6 is 11.3 Å². The maximum Gasteiger partial charge on any atom is 0.163 e. The third-order valence-electron chi connectivity index (χ3n) is 3.14. The van der Waals surface area contributed by atoms with Gasteiger partial charge in [0.15, 0.2) is 17.3 Å². The number of nitrogens with one attached hydrogen (secondary N) is 1. The summed E-state index contributed by atoms with van der Waals surface area (Å²) in [5, 5.41) is 2.84. The minimum absolute atomic E-state index is 0.0756. The van der Waals surface area contributed by atoms with Gasteiger partial charge in [0.25, 0.3) is 0 Å². The van der Waals surface area contributed by atoms with Crippen LogP contribution in [-0.4, -0.2) is 29.2 Å². The number of rotatable bonds is 4. The van der Waals surface area contributed by atoms with Crippen molar-refractivity contribution < 1.29 is 9.47 Å². The molecule has 21 heavy (non-hydrogen) atoms. The quantitative estimate of drug-likeness (QED) is 0.774. The standard InChI is InChI=1S/C14H16N4O2S/c1-7(15)14-18-10(6-21-14)13-16-8-4-11(19-2)12(20-3)5-9(8)17-13/h4-7H,15H2,1-3H3,(H,16,17). The number of hydrogen-bond donors (Lipinski definition) is 2. The predicted octanol–water partition coefficient (Wildman–Crippen LogP) is 2.72. The summed E-state index contributed by atoms with van der Waals surface area (Å²) in [5.74, 6) is 2.02. The second-order valence-electron chi connectivity index (χ2n) is 4.67. The Morgan fingerprint density at radius 1 is 1.19 bits per heavy atom. The van der Waals surface area contributed by atoms with Crippen LogP contribution in [0.3, 0.4) is 0 Å². The van der Waals surface area contributed by atoms with Crippen LogP contribution in [0.2, 0.25) is 0 Å². The van der Waals surface area contributed by atoms with E-state index in [1.54, 1.807) is 14.2 Å². The first-order valence-corrected chi connectivity index (χ1v) is 7.33. The van der Waals surface area contributed by atoms with Crippen LogP contribution in [0.4, 0.5) is 0 Å². The van der Waals surface area contributed by atoms with Crippen molar-refractivity contribution in [3.05, 3.63) is 22.5 Å². The Bertz CT molecular complexity index is 737. The Hall–Kier alpha value is -2.12. The summed E-state index contributed by atoms with van der Waals surface area (Å²) in [6.07, 6.45) is 0. The predicted molar refractivity (Wildman–Crippen MR) is 82.9 cm³/mol. The Balaban J connectivity index is 2.07. The molecule has 0 bridgehead atoms. The van der Waals surface area contributed by atoms with Crippen molar-refractivity contribution in [2.24, 2.45) is 5.73 Å². The molecule has 0 fully saturated rings. The van der Waals surface area contributed by atoms with E-state index in [-0.39, 0.29) is 6.04 Å². The third-order valence-corrected chi connectivity index (χ3v) is 4.19. The summed E-state index contributed by atoms with van der Waals surface area (Å²) in [6.45, 7) is 1.91. The number of methoxy groups -OCH3 is 2. The topological polar surface area (TPSA) is 86.0 Å². The molecule has 3 rings (SSSR count). The van der Waals surface area contributed by atoms with E-state index in [2.05, 4.69) is 15.0 Å². The van der Waals surface area contributed by atoms with Crippen LogP contribution < -0.4 is 15.2 Å². The maximum atomic E-state index is 5.84. The van der Waals surface area contributed by atoms with E-state index in [1.165, 1.54) is 11.3 Å². The van der Waals surface area contributed by atoms with Crippen molar-refractivity contribution in [1.82, 2.24) is 15.0 Å². The van der Waals surface area contributed by atoms with Gasteiger partial charge in [0.1, 0.15) is 10.7 Å². The molecule has 0 aliphatic rings. The zero-order chi connectivity index (χ0) is 15.0. The highest BCUT2D eigenvalue weighted by atomic mass is 32.1. The normalized spacial score (nSPS) is 12.6. The summed E-state index contributed by atoms with van der Waals surface area (Å²) in [7, 11) is 3.21.